The maximum atomic E-state index is 8.70. The molecular formula is C12H22N2. The van der Waals surface area contributed by atoms with Gasteiger partial charge in [-0.3, -0.25) is 0 Å². The van der Waals surface area contributed by atoms with Gasteiger partial charge in [-0.05, 0) is 25.7 Å². The molecule has 0 aliphatic heterocycles. The molecule has 0 amide bonds. The fourth-order valence-corrected chi connectivity index (χ4v) is 1.45. The van der Waals surface area contributed by atoms with Gasteiger partial charge in [0.25, 0.3) is 0 Å². The molecule has 0 aromatic heterocycles. The minimum Gasteiger partial charge on any atom is -0.360 e. The number of nitrogens with zero attached hydrogens (tertiary/aromatic N) is 2. The van der Waals surface area contributed by atoms with Gasteiger partial charge in [0.2, 0.25) is 0 Å². The van der Waals surface area contributed by atoms with Gasteiger partial charge in [0.1, 0.15) is 6.54 Å². The zero-order valence-electron chi connectivity index (χ0n) is 10.1. The van der Waals surface area contributed by atoms with Gasteiger partial charge in [-0.1, -0.05) is 27.4 Å². The minimum absolute atomic E-state index is 0.236. The highest BCUT2D eigenvalue weighted by atomic mass is 15.2. The number of nitriles is 1. The summed E-state index contributed by atoms with van der Waals surface area (Å²) in [5.74, 6) is 0. The molecule has 0 aliphatic rings. The highest BCUT2D eigenvalue weighted by Crippen LogP contribution is 2.25. The molecule has 0 heterocycles. The number of allylic oxidation sites excluding steroid dienone is 1. The first-order valence-corrected chi connectivity index (χ1v) is 5.09. The summed E-state index contributed by atoms with van der Waals surface area (Å²) in [6, 6.07) is 2.53. The summed E-state index contributed by atoms with van der Waals surface area (Å²) in [6.45, 7) is 15.2. The molecule has 0 unspecified atom stereocenters. The average Bonchev–Trinajstić information content (AvgIpc) is 1.95. The Bertz CT molecular complexity index is 228. The Kier molecular flexibility index (Phi) is 4.70. The fraction of sp³-hybridized carbons (Fsp3) is 0.750. The molecule has 0 aromatic carbocycles. The van der Waals surface area contributed by atoms with E-state index in [0.717, 1.165) is 12.1 Å². The topological polar surface area (TPSA) is 27.0 Å². The number of hydrogen-bond donors (Lipinski definition) is 0. The van der Waals surface area contributed by atoms with Crippen LogP contribution in [-0.4, -0.2) is 17.5 Å². The van der Waals surface area contributed by atoms with Crippen molar-refractivity contribution in [1.29, 1.82) is 5.26 Å². The lowest BCUT2D eigenvalue weighted by molar-refractivity contribution is 0.270. The Morgan fingerprint density at radius 3 is 2.21 bits per heavy atom. The van der Waals surface area contributed by atoms with Crippen LogP contribution in [0, 0.1) is 16.7 Å². The molecule has 0 fully saturated rings. The standard InChI is InChI=1S/C12H22N2/c1-10(2)14(8-7-13)11(3)9-12(4,5)6/h10H,3,8-9H2,1-2,4-6H3. The molecule has 0 N–H and O–H groups in total. The van der Waals surface area contributed by atoms with Crippen LogP contribution in [0.4, 0.5) is 0 Å². The highest BCUT2D eigenvalue weighted by molar-refractivity contribution is 5.01. The van der Waals surface area contributed by atoms with Crippen LogP contribution in [-0.2, 0) is 0 Å². The van der Waals surface area contributed by atoms with E-state index in [2.05, 4.69) is 52.2 Å². The van der Waals surface area contributed by atoms with Crippen LogP contribution in [0.3, 0.4) is 0 Å². The summed E-state index contributed by atoms with van der Waals surface area (Å²) in [6.07, 6.45) is 0.937. The normalized spacial score (nSPS) is 11.2. The molecule has 0 radical (unpaired) electrons. The Morgan fingerprint density at radius 1 is 1.43 bits per heavy atom. The van der Waals surface area contributed by atoms with Gasteiger partial charge in [-0.25, -0.2) is 0 Å². The van der Waals surface area contributed by atoms with Crippen LogP contribution in [0.2, 0.25) is 0 Å². The van der Waals surface area contributed by atoms with Gasteiger partial charge in [0.05, 0.1) is 6.07 Å². The predicted octanol–water partition coefficient (Wildman–Crippen LogP) is 3.17. The zero-order chi connectivity index (χ0) is 11.4. The molecule has 0 atom stereocenters. The lowest BCUT2D eigenvalue weighted by Gasteiger charge is -2.31. The molecule has 0 saturated carbocycles. The first-order chi connectivity index (χ1) is 6.28. The molecule has 2 heteroatoms. The summed E-state index contributed by atoms with van der Waals surface area (Å²) >= 11 is 0. The molecule has 0 spiro atoms. The highest BCUT2D eigenvalue weighted by Gasteiger charge is 2.17. The largest absolute Gasteiger partial charge is 0.360 e. The van der Waals surface area contributed by atoms with Gasteiger partial charge in [0.15, 0.2) is 0 Å². The summed E-state index contributed by atoms with van der Waals surface area (Å²) < 4.78 is 0. The third-order valence-electron chi connectivity index (χ3n) is 2.00. The first kappa shape index (κ1) is 13.0. The average molecular weight is 194 g/mol. The monoisotopic (exact) mass is 194 g/mol. The van der Waals surface area contributed by atoms with Crippen LogP contribution in [0.25, 0.3) is 0 Å². The molecule has 0 bridgehead atoms. The van der Waals surface area contributed by atoms with Crippen molar-refractivity contribution in [2.75, 3.05) is 6.54 Å². The smallest absolute Gasteiger partial charge is 0.105 e. The van der Waals surface area contributed by atoms with Gasteiger partial charge < -0.3 is 4.90 Å². The summed E-state index contributed by atoms with van der Waals surface area (Å²) in [5.41, 5.74) is 1.30. The summed E-state index contributed by atoms with van der Waals surface area (Å²) in [7, 11) is 0. The quantitative estimate of drug-likeness (QED) is 0.643. The zero-order valence-corrected chi connectivity index (χ0v) is 10.1. The van der Waals surface area contributed by atoms with Crippen molar-refractivity contribution >= 4 is 0 Å². The molecule has 0 rings (SSSR count). The molecule has 2 nitrogen and oxygen atoms in total. The maximum Gasteiger partial charge on any atom is 0.105 e. The molecule has 14 heavy (non-hydrogen) atoms. The van der Waals surface area contributed by atoms with Gasteiger partial charge in [0, 0.05) is 11.7 Å². The van der Waals surface area contributed by atoms with Crippen LogP contribution in [0.15, 0.2) is 12.3 Å². The van der Waals surface area contributed by atoms with E-state index >= 15 is 0 Å². The van der Waals surface area contributed by atoms with Crippen molar-refractivity contribution in [3.8, 4) is 6.07 Å². The molecule has 80 valence electrons. The van der Waals surface area contributed by atoms with Crippen LogP contribution < -0.4 is 0 Å². The Hall–Kier alpha value is -0.970. The lowest BCUT2D eigenvalue weighted by Crippen LogP contribution is -2.31. The van der Waals surface area contributed by atoms with E-state index in [4.69, 9.17) is 5.26 Å². The number of rotatable bonds is 4. The lowest BCUT2D eigenvalue weighted by atomic mass is 9.90. The Morgan fingerprint density at radius 2 is 1.93 bits per heavy atom. The van der Waals surface area contributed by atoms with Crippen molar-refractivity contribution in [3.63, 3.8) is 0 Å². The van der Waals surface area contributed by atoms with Gasteiger partial charge in [-0.15, -0.1) is 0 Å². The van der Waals surface area contributed by atoms with Crippen molar-refractivity contribution in [3.05, 3.63) is 12.3 Å². The molecular weight excluding hydrogens is 172 g/mol. The van der Waals surface area contributed by atoms with Crippen molar-refractivity contribution in [2.45, 2.75) is 47.1 Å². The van der Waals surface area contributed by atoms with Crippen molar-refractivity contribution in [2.24, 2.45) is 5.41 Å². The second-order valence-corrected chi connectivity index (χ2v) is 5.18. The van der Waals surface area contributed by atoms with E-state index in [0.29, 0.717) is 12.6 Å². The van der Waals surface area contributed by atoms with E-state index in [9.17, 15) is 0 Å². The maximum absolute atomic E-state index is 8.70. The molecule has 0 saturated heterocycles. The van der Waals surface area contributed by atoms with Crippen molar-refractivity contribution in [1.82, 2.24) is 4.90 Å². The second kappa shape index (κ2) is 5.05. The molecule has 0 aromatic rings. The fourth-order valence-electron chi connectivity index (χ4n) is 1.45. The van der Waals surface area contributed by atoms with Gasteiger partial charge >= 0.3 is 0 Å². The van der Waals surface area contributed by atoms with Crippen LogP contribution >= 0.6 is 0 Å². The van der Waals surface area contributed by atoms with Crippen LogP contribution in [0.1, 0.15) is 41.0 Å². The van der Waals surface area contributed by atoms with E-state index in [1.807, 2.05) is 0 Å². The van der Waals surface area contributed by atoms with E-state index in [1.54, 1.807) is 0 Å². The third kappa shape index (κ3) is 4.91. The van der Waals surface area contributed by atoms with Crippen LogP contribution in [0.5, 0.6) is 0 Å². The minimum atomic E-state index is 0.236. The van der Waals surface area contributed by atoms with E-state index in [-0.39, 0.29) is 5.41 Å². The summed E-state index contributed by atoms with van der Waals surface area (Å²) in [5, 5.41) is 8.70. The van der Waals surface area contributed by atoms with Crippen molar-refractivity contribution < 1.29 is 0 Å². The number of hydrogen-bond acceptors (Lipinski definition) is 2. The predicted molar refractivity (Wildman–Crippen MR) is 60.7 cm³/mol. The Balaban J connectivity index is 4.39. The summed E-state index contributed by atoms with van der Waals surface area (Å²) in [4.78, 5) is 2.06. The third-order valence-corrected chi connectivity index (χ3v) is 2.00. The van der Waals surface area contributed by atoms with Gasteiger partial charge in [-0.2, -0.15) is 5.26 Å². The van der Waals surface area contributed by atoms with E-state index < -0.39 is 0 Å². The Labute approximate surface area is 88.2 Å². The first-order valence-electron chi connectivity index (χ1n) is 5.09. The SMILES string of the molecule is C=C(CC(C)(C)C)N(CC#N)C(C)C. The second-order valence-electron chi connectivity index (χ2n) is 5.18. The van der Waals surface area contributed by atoms with E-state index in [1.165, 1.54) is 0 Å². The molecule has 0 aliphatic carbocycles.